The zero-order valence-corrected chi connectivity index (χ0v) is 17.4. The molecule has 0 atom stereocenters. The summed E-state index contributed by atoms with van der Waals surface area (Å²) in [4.78, 5) is 13.6. The SMILES string of the molecule is Cc1ccc(Nc2nc(Nc3ccc(N4CCN(C)CC4)cc3)ncc2Cl)cc1. The van der Waals surface area contributed by atoms with Crippen LogP contribution < -0.4 is 15.5 Å². The minimum atomic E-state index is 0.474. The summed E-state index contributed by atoms with van der Waals surface area (Å²) < 4.78 is 0. The molecule has 1 fully saturated rings. The van der Waals surface area contributed by atoms with Gasteiger partial charge >= 0.3 is 0 Å². The van der Waals surface area contributed by atoms with Crippen LogP contribution in [0, 0.1) is 6.92 Å². The highest BCUT2D eigenvalue weighted by molar-refractivity contribution is 6.32. The quantitative estimate of drug-likeness (QED) is 0.639. The molecule has 1 aliphatic rings. The number of halogens is 1. The minimum absolute atomic E-state index is 0.474. The predicted molar refractivity (Wildman–Crippen MR) is 121 cm³/mol. The van der Waals surface area contributed by atoms with Crippen molar-refractivity contribution in [2.24, 2.45) is 0 Å². The standard InChI is InChI=1S/C22H25ClN6/c1-16-3-5-17(6-4-16)25-21-20(23)15-24-22(27-21)26-18-7-9-19(10-8-18)29-13-11-28(2)12-14-29/h3-10,15H,11-14H2,1-2H3,(H2,24,25,26,27). The smallest absolute Gasteiger partial charge is 0.229 e. The van der Waals surface area contributed by atoms with Gasteiger partial charge in [0.25, 0.3) is 0 Å². The van der Waals surface area contributed by atoms with Crippen molar-refractivity contribution in [3.63, 3.8) is 0 Å². The average molecular weight is 409 g/mol. The predicted octanol–water partition coefficient (Wildman–Crippen LogP) is 4.68. The van der Waals surface area contributed by atoms with E-state index in [-0.39, 0.29) is 0 Å². The van der Waals surface area contributed by atoms with Gasteiger partial charge in [-0.25, -0.2) is 4.98 Å². The van der Waals surface area contributed by atoms with Crippen molar-refractivity contribution in [1.82, 2.24) is 14.9 Å². The van der Waals surface area contributed by atoms with Crippen molar-refractivity contribution < 1.29 is 0 Å². The number of piperazine rings is 1. The maximum Gasteiger partial charge on any atom is 0.229 e. The maximum atomic E-state index is 6.27. The number of benzene rings is 2. The molecule has 0 aliphatic carbocycles. The third kappa shape index (κ3) is 4.96. The van der Waals surface area contributed by atoms with Gasteiger partial charge in [0.1, 0.15) is 5.02 Å². The second-order valence-electron chi connectivity index (χ2n) is 7.34. The molecule has 0 spiro atoms. The number of nitrogens with one attached hydrogen (secondary N) is 2. The van der Waals surface area contributed by atoms with E-state index < -0.39 is 0 Å². The van der Waals surface area contributed by atoms with Crippen LogP contribution in [0.1, 0.15) is 5.56 Å². The number of hydrogen-bond acceptors (Lipinski definition) is 6. The maximum absolute atomic E-state index is 6.27. The normalized spacial score (nSPS) is 14.7. The zero-order valence-electron chi connectivity index (χ0n) is 16.7. The first-order valence-electron chi connectivity index (χ1n) is 9.74. The molecule has 1 aliphatic heterocycles. The lowest BCUT2D eigenvalue weighted by Crippen LogP contribution is -2.44. The van der Waals surface area contributed by atoms with E-state index >= 15 is 0 Å². The molecule has 2 heterocycles. The number of likely N-dealkylation sites (N-methyl/N-ethyl adjacent to an activating group) is 1. The Labute approximate surface area is 176 Å². The lowest BCUT2D eigenvalue weighted by Gasteiger charge is -2.34. The highest BCUT2D eigenvalue weighted by atomic mass is 35.5. The van der Waals surface area contributed by atoms with Gasteiger partial charge in [-0.2, -0.15) is 4.98 Å². The first-order chi connectivity index (χ1) is 14.1. The van der Waals surface area contributed by atoms with Crippen LogP contribution in [0.25, 0.3) is 0 Å². The molecular formula is C22H25ClN6. The van der Waals surface area contributed by atoms with Crippen LogP contribution >= 0.6 is 11.6 Å². The number of aryl methyl sites for hydroxylation is 1. The van der Waals surface area contributed by atoms with E-state index in [9.17, 15) is 0 Å². The zero-order chi connectivity index (χ0) is 20.2. The lowest BCUT2D eigenvalue weighted by molar-refractivity contribution is 0.313. The van der Waals surface area contributed by atoms with Crippen molar-refractivity contribution in [1.29, 1.82) is 0 Å². The monoisotopic (exact) mass is 408 g/mol. The summed E-state index contributed by atoms with van der Waals surface area (Å²) in [7, 11) is 2.17. The van der Waals surface area contributed by atoms with E-state index in [1.165, 1.54) is 11.3 Å². The van der Waals surface area contributed by atoms with E-state index in [1.54, 1.807) is 6.20 Å². The van der Waals surface area contributed by atoms with Crippen LogP contribution in [-0.2, 0) is 0 Å². The number of rotatable bonds is 5. The van der Waals surface area contributed by atoms with Gasteiger partial charge in [-0.3, -0.25) is 0 Å². The summed E-state index contributed by atoms with van der Waals surface area (Å²) in [5.74, 6) is 1.07. The van der Waals surface area contributed by atoms with Crippen molar-refractivity contribution in [2.75, 3.05) is 48.8 Å². The molecule has 0 unspecified atom stereocenters. The fraction of sp³-hybridized carbons (Fsp3) is 0.273. The molecule has 150 valence electrons. The molecule has 0 radical (unpaired) electrons. The highest BCUT2D eigenvalue weighted by Crippen LogP contribution is 2.26. The van der Waals surface area contributed by atoms with E-state index in [1.807, 2.05) is 24.3 Å². The number of nitrogens with zero attached hydrogens (tertiary/aromatic N) is 4. The van der Waals surface area contributed by atoms with E-state index in [2.05, 4.69) is 68.6 Å². The van der Waals surface area contributed by atoms with Crippen LogP contribution in [0.15, 0.2) is 54.7 Å². The molecular weight excluding hydrogens is 384 g/mol. The highest BCUT2D eigenvalue weighted by Gasteiger charge is 2.14. The first kappa shape index (κ1) is 19.5. The fourth-order valence-electron chi connectivity index (χ4n) is 3.24. The van der Waals surface area contributed by atoms with Crippen molar-refractivity contribution in [3.8, 4) is 0 Å². The van der Waals surface area contributed by atoms with Gasteiger partial charge in [0.05, 0.1) is 6.20 Å². The van der Waals surface area contributed by atoms with Gasteiger partial charge < -0.3 is 20.4 Å². The summed E-state index contributed by atoms with van der Waals surface area (Å²) >= 11 is 6.27. The summed E-state index contributed by atoms with van der Waals surface area (Å²) in [5, 5.41) is 6.98. The van der Waals surface area contributed by atoms with Crippen LogP contribution in [0.5, 0.6) is 0 Å². The lowest BCUT2D eigenvalue weighted by atomic mass is 10.2. The van der Waals surface area contributed by atoms with Crippen molar-refractivity contribution >= 4 is 40.4 Å². The second-order valence-corrected chi connectivity index (χ2v) is 7.75. The van der Waals surface area contributed by atoms with Crippen LogP contribution in [0.3, 0.4) is 0 Å². The second kappa shape index (κ2) is 8.68. The molecule has 4 rings (SSSR count). The molecule has 29 heavy (non-hydrogen) atoms. The van der Waals surface area contributed by atoms with Gasteiger partial charge in [0.2, 0.25) is 5.95 Å². The third-order valence-corrected chi connectivity index (χ3v) is 5.33. The Balaban J connectivity index is 1.44. The molecule has 2 N–H and O–H groups in total. The van der Waals surface area contributed by atoms with Gasteiger partial charge in [-0.05, 0) is 50.4 Å². The summed E-state index contributed by atoms with van der Waals surface area (Å²) in [6.45, 7) is 6.35. The van der Waals surface area contributed by atoms with Crippen LogP contribution in [0.4, 0.5) is 28.8 Å². The third-order valence-electron chi connectivity index (χ3n) is 5.05. The Morgan fingerprint density at radius 3 is 2.17 bits per heavy atom. The van der Waals surface area contributed by atoms with Gasteiger partial charge in [0, 0.05) is 43.2 Å². The largest absolute Gasteiger partial charge is 0.369 e. The van der Waals surface area contributed by atoms with Crippen molar-refractivity contribution in [2.45, 2.75) is 6.92 Å². The van der Waals surface area contributed by atoms with Crippen LogP contribution in [-0.4, -0.2) is 48.1 Å². The Hall–Kier alpha value is -2.83. The van der Waals surface area contributed by atoms with Gasteiger partial charge in [0.15, 0.2) is 5.82 Å². The summed E-state index contributed by atoms with van der Waals surface area (Å²) in [5.41, 5.74) is 4.30. The molecule has 2 aromatic carbocycles. The van der Waals surface area contributed by atoms with E-state index in [4.69, 9.17) is 11.6 Å². The summed E-state index contributed by atoms with van der Waals surface area (Å²) in [6, 6.07) is 16.5. The topological polar surface area (TPSA) is 56.3 Å². The Morgan fingerprint density at radius 1 is 0.862 bits per heavy atom. The molecule has 1 saturated heterocycles. The first-order valence-corrected chi connectivity index (χ1v) is 10.1. The van der Waals surface area contributed by atoms with E-state index in [0.29, 0.717) is 16.8 Å². The molecule has 7 heteroatoms. The molecule has 0 saturated carbocycles. The fourth-order valence-corrected chi connectivity index (χ4v) is 3.38. The molecule has 6 nitrogen and oxygen atoms in total. The van der Waals surface area contributed by atoms with Crippen molar-refractivity contribution in [3.05, 3.63) is 65.3 Å². The minimum Gasteiger partial charge on any atom is -0.369 e. The Bertz CT molecular complexity index is 950. The Morgan fingerprint density at radius 2 is 1.48 bits per heavy atom. The molecule has 0 bridgehead atoms. The number of hydrogen-bond donors (Lipinski definition) is 2. The number of anilines is 5. The Kier molecular flexibility index (Phi) is 5.83. The average Bonchev–Trinajstić information content (AvgIpc) is 2.73. The van der Waals surface area contributed by atoms with Crippen LogP contribution in [0.2, 0.25) is 5.02 Å². The summed E-state index contributed by atoms with van der Waals surface area (Å²) in [6.07, 6.45) is 1.60. The molecule has 1 aromatic heterocycles. The number of aromatic nitrogens is 2. The van der Waals surface area contributed by atoms with Gasteiger partial charge in [-0.15, -0.1) is 0 Å². The molecule has 0 amide bonds. The van der Waals surface area contributed by atoms with Gasteiger partial charge in [-0.1, -0.05) is 29.3 Å². The molecule has 3 aromatic rings. The van der Waals surface area contributed by atoms with E-state index in [0.717, 1.165) is 37.6 Å².